The van der Waals surface area contributed by atoms with E-state index in [9.17, 15) is 14.9 Å². The molecule has 0 saturated heterocycles. The van der Waals surface area contributed by atoms with E-state index in [1.54, 1.807) is 0 Å². The van der Waals surface area contributed by atoms with Gasteiger partial charge in [0.15, 0.2) is 0 Å². The normalized spacial score (nSPS) is 10.2. The van der Waals surface area contributed by atoms with Gasteiger partial charge in [0.25, 0.3) is 5.69 Å². The molecule has 0 radical (unpaired) electrons. The second-order valence-corrected chi connectivity index (χ2v) is 3.52. The molecule has 7 nitrogen and oxygen atoms in total. The summed E-state index contributed by atoms with van der Waals surface area (Å²) in [6.07, 6.45) is 0. The van der Waals surface area contributed by atoms with Gasteiger partial charge in [0, 0.05) is 23.7 Å². The fourth-order valence-corrected chi connectivity index (χ4v) is 1.25. The second kappa shape index (κ2) is 6.14. The van der Waals surface area contributed by atoms with Crippen LogP contribution in [-0.4, -0.2) is 17.4 Å². The molecule has 0 unspecified atom stereocenters. The number of carbonyl (C=O) groups is 1. The highest BCUT2D eigenvalue weighted by atomic mass is 35.5. The van der Waals surface area contributed by atoms with Gasteiger partial charge in [-0.2, -0.15) is 5.48 Å². The molecule has 0 spiro atoms. The van der Waals surface area contributed by atoms with Crippen LogP contribution in [0.25, 0.3) is 0 Å². The van der Waals surface area contributed by atoms with E-state index in [1.165, 1.54) is 18.2 Å². The Morgan fingerprint density at radius 2 is 2.29 bits per heavy atom. The quantitative estimate of drug-likeness (QED) is 0.445. The summed E-state index contributed by atoms with van der Waals surface area (Å²) in [5.41, 5.74) is 7.70. The Labute approximate surface area is 102 Å². The highest BCUT2D eigenvalue weighted by Crippen LogP contribution is 2.21. The lowest BCUT2D eigenvalue weighted by molar-refractivity contribution is -0.384. The van der Waals surface area contributed by atoms with Gasteiger partial charge in [-0.15, -0.1) is 0 Å². The zero-order chi connectivity index (χ0) is 12.8. The fourth-order valence-electron chi connectivity index (χ4n) is 1.06. The van der Waals surface area contributed by atoms with Crippen molar-refractivity contribution in [2.24, 2.45) is 5.73 Å². The summed E-state index contributed by atoms with van der Waals surface area (Å²) in [6.45, 7) is -0.152. The van der Waals surface area contributed by atoms with Crippen LogP contribution >= 0.6 is 11.6 Å². The Kier molecular flexibility index (Phi) is 4.83. The van der Waals surface area contributed by atoms with Gasteiger partial charge in [0.05, 0.1) is 4.92 Å². The van der Waals surface area contributed by atoms with Crippen LogP contribution in [0.4, 0.5) is 5.69 Å². The predicted octanol–water partition coefficient (Wildman–Crippen LogP) is 0.755. The van der Waals surface area contributed by atoms with E-state index < -0.39 is 10.8 Å². The Hall–Kier alpha value is -1.70. The van der Waals surface area contributed by atoms with Crippen LogP contribution in [0.5, 0.6) is 0 Å². The van der Waals surface area contributed by atoms with Crippen LogP contribution in [0, 0.1) is 10.1 Å². The maximum Gasteiger partial charge on any atom is 0.269 e. The third kappa shape index (κ3) is 4.35. The number of nitro groups is 1. The van der Waals surface area contributed by atoms with Crippen molar-refractivity contribution in [1.82, 2.24) is 5.48 Å². The number of nitrogens with zero attached hydrogens (tertiary/aromatic N) is 1. The van der Waals surface area contributed by atoms with Crippen molar-refractivity contribution in [2.75, 3.05) is 6.61 Å². The third-order valence-electron chi connectivity index (χ3n) is 1.82. The van der Waals surface area contributed by atoms with Crippen molar-refractivity contribution in [3.05, 3.63) is 38.9 Å². The SMILES string of the molecule is NC(=O)CONCc1cc([N+](=O)[O-])ccc1Cl. The molecule has 0 fully saturated rings. The van der Waals surface area contributed by atoms with Crippen molar-refractivity contribution < 1.29 is 14.6 Å². The van der Waals surface area contributed by atoms with Crippen LogP contribution in [0.1, 0.15) is 5.56 Å². The monoisotopic (exact) mass is 259 g/mol. The van der Waals surface area contributed by atoms with E-state index in [0.717, 1.165) is 0 Å². The summed E-state index contributed by atoms with van der Waals surface area (Å²) < 4.78 is 0. The number of non-ortho nitro benzene ring substituents is 1. The number of carbonyl (C=O) groups excluding carboxylic acids is 1. The third-order valence-corrected chi connectivity index (χ3v) is 2.19. The molecule has 3 N–H and O–H groups in total. The number of halogens is 1. The zero-order valence-electron chi connectivity index (χ0n) is 8.68. The molecule has 0 aliphatic heterocycles. The first-order valence-corrected chi connectivity index (χ1v) is 4.94. The summed E-state index contributed by atoms with van der Waals surface area (Å²) in [4.78, 5) is 25.1. The lowest BCUT2D eigenvalue weighted by Gasteiger charge is -2.05. The van der Waals surface area contributed by atoms with E-state index in [1.807, 2.05) is 0 Å². The minimum absolute atomic E-state index is 0.0684. The van der Waals surface area contributed by atoms with E-state index >= 15 is 0 Å². The van der Waals surface area contributed by atoms with E-state index in [2.05, 4.69) is 5.48 Å². The lowest BCUT2D eigenvalue weighted by Crippen LogP contribution is -2.24. The van der Waals surface area contributed by atoms with Crippen molar-refractivity contribution >= 4 is 23.2 Å². The average molecular weight is 260 g/mol. The van der Waals surface area contributed by atoms with Crippen molar-refractivity contribution in [3.63, 3.8) is 0 Å². The molecule has 8 heteroatoms. The van der Waals surface area contributed by atoms with E-state index in [-0.39, 0.29) is 18.8 Å². The lowest BCUT2D eigenvalue weighted by atomic mass is 10.2. The number of rotatable bonds is 6. The Morgan fingerprint density at radius 1 is 1.59 bits per heavy atom. The van der Waals surface area contributed by atoms with Gasteiger partial charge < -0.3 is 5.73 Å². The molecular formula is C9H10ClN3O4. The molecule has 1 aromatic rings. The molecule has 17 heavy (non-hydrogen) atoms. The first kappa shape index (κ1) is 13.4. The Balaban J connectivity index is 2.60. The molecular weight excluding hydrogens is 250 g/mol. The molecule has 1 amide bonds. The Bertz CT molecular complexity index is 438. The van der Waals surface area contributed by atoms with Crippen molar-refractivity contribution in [1.29, 1.82) is 0 Å². The number of primary amides is 1. The van der Waals surface area contributed by atoms with Crippen molar-refractivity contribution in [2.45, 2.75) is 6.54 Å². The first-order chi connectivity index (χ1) is 8.00. The number of hydrogen-bond donors (Lipinski definition) is 2. The van der Waals surface area contributed by atoms with Crippen LogP contribution in [0.3, 0.4) is 0 Å². The highest BCUT2D eigenvalue weighted by Gasteiger charge is 2.09. The second-order valence-electron chi connectivity index (χ2n) is 3.11. The van der Waals surface area contributed by atoms with Crippen LogP contribution in [0.2, 0.25) is 5.02 Å². The zero-order valence-corrected chi connectivity index (χ0v) is 9.44. The summed E-state index contributed by atoms with van der Waals surface area (Å²) in [6, 6.07) is 4.05. The van der Waals surface area contributed by atoms with Crippen LogP contribution in [0.15, 0.2) is 18.2 Å². The van der Waals surface area contributed by atoms with Gasteiger partial charge in [0.1, 0.15) is 6.61 Å². The van der Waals surface area contributed by atoms with Gasteiger partial charge in [-0.3, -0.25) is 19.7 Å². The fraction of sp³-hybridized carbons (Fsp3) is 0.222. The number of nitro benzene ring substituents is 1. The molecule has 0 bridgehead atoms. The van der Waals surface area contributed by atoms with Gasteiger partial charge in [0.2, 0.25) is 5.91 Å². The van der Waals surface area contributed by atoms with Gasteiger partial charge >= 0.3 is 0 Å². The Morgan fingerprint density at radius 3 is 2.88 bits per heavy atom. The molecule has 92 valence electrons. The minimum atomic E-state index is -0.623. The summed E-state index contributed by atoms with van der Waals surface area (Å²) in [7, 11) is 0. The summed E-state index contributed by atoms with van der Waals surface area (Å²) in [5, 5.41) is 10.9. The molecule has 0 heterocycles. The van der Waals surface area contributed by atoms with E-state index in [0.29, 0.717) is 10.6 Å². The highest BCUT2D eigenvalue weighted by molar-refractivity contribution is 6.31. The minimum Gasteiger partial charge on any atom is -0.368 e. The summed E-state index contributed by atoms with van der Waals surface area (Å²) >= 11 is 5.83. The number of nitrogens with one attached hydrogen (secondary N) is 1. The molecule has 0 aliphatic carbocycles. The average Bonchev–Trinajstić information content (AvgIpc) is 2.25. The molecule has 0 saturated carbocycles. The topological polar surface area (TPSA) is 107 Å². The number of amides is 1. The standard InChI is InChI=1S/C9H10ClN3O4/c10-8-2-1-7(13(15)16)3-6(8)4-12-17-5-9(11)14/h1-3,12H,4-5H2,(H2,11,14). The maximum absolute atomic E-state index is 10.5. The number of hydrogen-bond acceptors (Lipinski definition) is 5. The molecule has 0 aliphatic rings. The molecule has 1 aromatic carbocycles. The van der Waals surface area contributed by atoms with Crippen LogP contribution < -0.4 is 11.2 Å². The van der Waals surface area contributed by atoms with Gasteiger partial charge in [-0.25, -0.2) is 0 Å². The summed E-state index contributed by atoms with van der Waals surface area (Å²) in [5.74, 6) is -0.623. The number of nitrogens with two attached hydrogens (primary N) is 1. The van der Waals surface area contributed by atoms with Crippen LogP contribution in [-0.2, 0) is 16.2 Å². The maximum atomic E-state index is 10.5. The first-order valence-electron chi connectivity index (χ1n) is 4.56. The molecule has 1 rings (SSSR count). The van der Waals surface area contributed by atoms with Gasteiger partial charge in [-0.1, -0.05) is 11.6 Å². The van der Waals surface area contributed by atoms with Crippen molar-refractivity contribution in [3.8, 4) is 0 Å². The number of benzene rings is 1. The number of hydroxylamine groups is 1. The van der Waals surface area contributed by atoms with Gasteiger partial charge in [-0.05, 0) is 11.6 Å². The molecule has 0 aromatic heterocycles. The molecule has 0 atom stereocenters. The van der Waals surface area contributed by atoms with E-state index in [4.69, 9.17) is 22.2 Å². The smallest absolute Gasteiger partial charge is 0.269 e. The predicted molar refractivity (Wildman–Crippen MR) is 60.1 cm³/mol. The largest absolute Gasteiger partial charge is 0.368 e.